The number of rotatable bonds is 5. The molecule has 0 aliphatic rings. The van der Waals surface area contributed by atoms with Crippen LogP contribution < -0.4 is 10.1 Å². The van der Waals surface area contributed by atoms with E-state index < -0.39 is 0 Å². The van der Waals surface area contributed by atoms with Gasteiger partial charge in [-0.3, -0.25) is 9.59 Å². The molecule has 0 bridgehead atoms. The molecule has 4 nitrogen and oxygen atoms in total. The third-order valence-corrected chi connectivity index (χ3v) is 3.95. The number of nitrogens with one attached hydrogen (secondary N) is 1. The first-order chi connectivity index (χ1) is 11.7. The summed E-state index contributed by atoms with van der Waals surface area (Å²) < 4.78 is 5.47. The van der Waals surface area contributed by atoms with Crippen molar-refractivity contribution in [2.75, 3.05) is 11.9 Å². The van der Waals surface area contributed by atoms with E-state index in [-0.39, 0.29) is 23.7 Å². The maximum Gasteiger partial charge on any atom is 0.262 e. The lowest BCUT2D eigenvalue weighted by Crippen LogP contribution is -2.21. The lowest BCUT2D eigenvalue weighted by Gasteiger charge is -2.19. The van der Waals surface area contributed by atoms with Crippen molar-refractivity contribution >= 4 is 29.0 Å². The van der Waals surface area contributed by atoms with Crippen LogP contribution in [-0.2, 0) is 10.2 Å². The van der Waals surface area contributed by atoms with Crippen molar-refractivity contribution in [2.24, 2.45) is 0 Å². The van der Waals surface area contributed by atoms with E-state index in [1.807, 2.05) is 24.3 Å². The standard InChI is InChI=1S/C20H22ClNO3/c1-13(23)17-11-15(21)7-10-18(17)25-12-19(24)22-16-8-5-14(6-9-16)20(2,3)4/h5-11H,12H2,1-4H3,(H,22,24). The minimum absolute atomic E-state index is 0.0589. The number of carbonyl (C=O) groups excluding carboxylic acids is 2. The first-order valence-electron chi connectivity index (χ1n) is 8.00. The zero-order valence-electron chi connectivity index (χ0n) is 14.9. The van der Waals surface area contributed by atoms with Crippen molar-refractivity contribution in [3.05, 3.63) is 58.6 Å². The minimum atomic E-state index is -0.298. The van der Waals surface area contributed by atoms with Gasteiger partial charge in [0.05, 0.1) is 5.56 Å². The second-order valence-corrected chi connectivity index (χ2v) is 7.30. The molecule has 1 amide bonds. The number of hydrogen-bond acceptors (Lipinski definition) is 3. The lowest BCUT2D eigenvalue weighted by molar-refractivity contribution is -0.118. The van der Waals surface area contributed by atoms with Crippen LogP contribution in [-0.4, -0.2) is 18.3 Å². The van der Waals surface area contributed by atoms with Gasteiger partial charge >= 0.3 is 0 Å². The van der Waals surface area contributed by atoms with Gasteiger partial charge in [0.25, 0.3) is 5.91 Å². The molecule has 0 saturated heterocycles. The highest BCUT2D eigenvalue weighted by Gasteiger charge is 2.14. The van der Waals surface area contributed by atoms with E-state index in [1.54, 1.807) is 12.1 Å². The second kappa shape index (κ2) is 7.70. The van der Waals surface area contributed by atoms with E-state index in [0.717, 1.165) is 0 Å². The maximum atomic E-state index is 12.1. The number of ether oxygens (including phenoxy) is 1. The molecule has 0 aliphatic heterocycles. The molecule has 0 spiro atoms. The lowest BCUT2D eigenvalue weighted by atomic mass is 9.87. The number of ketones is 1. The summed E-state index contributed by atoms with van der Waals surface area (Å²) in [4.78, 5) is 23.7. The fourth-order valence-electron chi connectivity index (χ4n) is 2.30. The smallest absolute Gasteiger partial charge is 0.262 e. The van der Waals surface area contributed by atoms with Crippen LogP contribution in [0.2, 0.25) is 5.02 Å². The molecule has 0 radical (unpaired) electrons. The van der Waals surface area contributed by atoms with Gasteiger partial charge in [-0.2, -0.15) is 0 Å². The molecule has 5 heteroatoms. The van der Waals surface area contributed by atoms with E-state index in [1.165, 1.54) is 18.6 Å². The zero-order valence-corrected chi connectivity index (χ0v) is 15.6. The Morgan fingerprint density at radius 3 is 2.28 bits per heavy atom. The maximum absolute atomic E-state index is 12.1. The van der Waals surface area contributed by atoms with Crippen LogP contribution in [0.3, 0.4) is 0 Å². The third kappa shape index (κ3) is 5.33. The van der Waals surface area contributed by atoms with Gasteiger partial charge in [0.2, 0.25) is 0 Å². The third-order valence-electron chi connectivity index (χ3n) is 3.71. The molecule has 132 valence electrons. The Kier molecular flexibility index (Phi) is 5.85. The van der Waals surface area contributed by atoms with Crippen LogP contribution in [0.5, 0.6) is 5.75 Å². The first kappa shape index (κ1) is 19.0. The van der Waals surface area contributed by atoms with E-state index in [9.17, 15) is 9.59 Å². The Bertz CT molecular complexity index is 777. The van der Waals surface area contributed by atoms with Crippen molar-refractivity contribution in [3.8, 4) is 5.75 Å². The van der Waals surface area contributed by atoms with Gasteiger partial charge in [-0.1, -0.05) is 44.5 Å². The number of carbonyl (C=O) groups is 2. The quantitative estimate of drug-likeness (QED) is 0.776. The van der Waals surface area contributed by atoms with Gasteiger partial charge < -0.3 is 10.1 Å². The number of amides is 1. The Balaban J connectivity index is 1.99. The number of anilines is 1. The molecule has 0 saturated carbocycles. The van der Waals surface area contributed by atoms with E-state index in [0.29, 0.717) is 22.0 Å². The average Bonchev–Trinajstić information content (AvgIpc) is 2.53. The molecule has 0 atom stereocenters. The molecule has 0 unspecified atom stereocenters. The Labute approximate surface area is 153 Å². The van der Waals surface area contributed by atoms with Crippen molar-refractivity contribution in [2.45, 2.75) is 33.1 Å². The Hall–Kier alpha value is -2.33. The number of Topliss-reactive ketones (excluding diaryl/α,β-unsaturated/α-hetero) is 1. The van der Waals surface area contributed by atoms with E-state index in [2.05, 4.69) is 26.1 Å². The van der Waals surface area contributed by atoms with E-state index in [4.69, 9.17) is 16.3 Å². The summed E-state index contributed by atoms with van der Waals surface area (Å²) in [5.41, 5.74) is 2.30. The molecule has 0 fully saturated rings. The van der Waals surface area contributed by atoms with Gasteiger partial charge in [-0.25, -0.2) is 0 Å². The number of hydrogen-bond donors (Lipinski definition) is 1. The van der Waals surface area contributed by atoms with Crippen molar-refractivity contribution < 1.29 is 14.3 Å². The average molecular weight is 360 g/mol. The van der Waals surface area contributed by atoms with Crippen LogP contribution in [0.25, 0.3) is 0 Å². The summed E-state index contributed by atoms with van der Waals surface area (Å²) in [6.07, 6.45) is 0. The Morgan fingerprint density at radius 1 is 1.08 bits per heavy atom. The summed E-state index contributed by atoms with van der Waals surface area (Å²) in [7, 11) is 0. The normalized spacial score (nSPS) is 11.1. The molecule has 1 N–H and O–H groups in total. The molecule has 0 aromatic heterocycles. The molecule has 0 aliphatic carbocycles. The van der Waals surface area contributed by atoms with Gasteiger partial charge in [-0.05, 0) is 48.2 Å². The molecule has 2 rings (SSSR count). The molecular weight excluding hydrogens is 338 g/mol. The molecule has 2 aromatic rings. The van der Waals surface area contributed by atoms with Gasteiger partial charge in [0.15, 0.2) is 12.4 Å². The summed E-state index contributed by atoms with van der Waals surface area (Å²) in [5.74, 6) is -0.126. The summed E-state index contributed by atoms with van der Waals surface area (Å²) in [5, 5.41) is 3.22. The predicted molar refractivity (Wildman–Crippen MR) is 101 cm³/mol. The Morgan fingerprint density at radius 2 is 1.72 bits per heavy atom. The molecule has 0 heterocycles. The van der Waals surface area contributed by atoms with E-state index >= 15 is 0 Å². The van der Waals surface area contributed by atoms with Crippen molar-refractivity contribution in [3.63, 3.8) is 0 Å². The second-order valence-electron chi connectivity index (χ2n) is 6.86. The van der Waals surface area contributed by atoms with Crippen molar-refractivity contribution in [1.29, 1.82) is 0 Å². The van der Waals surface area contributed by atoms with Gasteiger partial charge in [0.1, 0.15) is 5.75 Å². The highest BCUT2D eigenvalue weighted by molar-refractivity contribution is 6.31. The first-order valence-corrected chi connectivity index (χ1v) is 8.38. The van der Waals surface area contributed by atoms with Gasteiger partial charge in [-0.15, -0.1) is 0 Å². The summed E-state index contributed by atoms with van der Waals surface area (Å²) >= 11 is 5.89. The minimum Gasteiger partial charge on any atom is -0.483 e. The van der Waals surface area contributed by atoms with Crippen LogP contribution in [0.15, 0.2) is 42.5 Å². The largest absolute Gasteiger partial charge is 0.483 e. The fraction of sp³-hybridized carbons (Fsp3) is 0.300. The summed E-state index contributed by atoms with van der Waals surface area (Å²) in [6, 6.07) is 12.4. The number of halogens is 1. The highest BCUT2D eigenvalue weighted by Crippen LogP contribution is 2.24. The van der Waals surface area contributed by atoms with Gasteiger partial charge in [0, 0.05) is 10.7 Å². The predicted octanol–water partition coefficient (Wildman–Crippen LogP) is 4.86. The summed E-state index contributed by atoms with van der Waals surface area (Å²) in [6.45, 7) is 7.63. The zero-order chi connectivity index (χ0) is 18.6. The van der Waals surface area contributed by atoms with Crippen LogP contribution in [0.4, 0.5) is 5.69 Å². The molecule has 2 aromatic carbocycles. The molecular formula is C20H22ClNO3. The van der Waals surface area contributed by atoms with Crippen molar-refractivity contribution in [1.82, 2.24) is 0 Å². The fourth-order valence-corrected chi connectivity index (χ4v) is 2.47. The molecule has 25 heavy (non-hydrogen) atoms. The highest BCUT2D eigenvalue weighted by atomic mass is 35.5. The van der Waals surface area contributed by atoms with Crippen LogP contribution >= 0.6 is 11.6 Å². The monoisotopic (exact) mass is 359 g/mol. The van der Waals surface area contributed by atoms with Crippen LogP contribution in [0.1, 0.15) is 43.6 Å². The number of benzene rings is 2. The van der Waals surface area contributed by atoms with Crippen LogP contribution in [0, 0.1) is 0 Å². The SMILES string of the molecule is CC(=O)c1cc(Cl)ccc1OCC(=O)Nc1ccc(C(C)(C)C)cc1. The topological polar surface area (TPSA) is 55.4 Å².